The quantitative estimate of drug-likeness (QED) is 0.456. The van der Waals surface area contributed by atoms with Gasteiger partial charge in [-0.25, -0.2) is 0 Å². The first-order valence-corrected chi connectivity index (χ1v) is 9.81. The minimum absolute atomic E-state index is 0.226. The van der Waals surface area contributed by atoms with Gasteiger partial charge in [0.25, 0.3) is 11.8 Å². The van der Waals surface area contributed by atoms with Crippen LogP contribution < -0.4 is 10.6 Å². The summed E-state index contributed by atoms with van der Waals surface area (Å²) in [4.78, 5) is 25.1. The molecular formula is C25H21N3O3. The van der Waals surface area contributed by atoms with E-state index in [2.05, 4.69) is 15.8 Å². The molecule has 6 heteroatoms. The van der Waals surface area contributed by atoms with E-state index in [0.717, 1.165) is 16.7 Å². The van der Waals surface area contributed by atoms with E-state index in [1.54, 1.807) is 31.2 Å². The number of amides is 2. The summed E-state index contributed by atoms with van der Waals surface area (Å²) in [5.74, 6) is -0.101. The van der Waals surface area contributed by atoms with Gasteiger partial charge in [-0.2, -0.15) is 0 Å². The third-order valence-electron chi connectivity index (χ3n) is 4.99. The summed E-state index contributed by atoms with van der Waals surface area (Å²) in [5.41, 5.74) is 5.10. The number of carbonyl (C=O) groups is 2. The van der Waals surface area contributed by atoms with Crippen LogP contribution in [0.25, 0.3) is 11.1 Å². The Morgan fingerprint density at radius 3 is 2.19 bits per heavy atom. The largest absolute Gasteiger partial charge is 0.361 e. The molecule has 31 heavy (non-hydrogen) atoms. The fourth-order valence-electron chi connectivity index (χ4n) is 3.19. The molecule has 0 atom stereocenters. The first-order chi connectivity index (χ1) is 15.0. The fraction of sp³-hybridized carbons (Fsp3) is 0.0800. The fourth-order valence-corrected chi connectivity index (χ4v) is 3.19. The Hall–Kier alpha value is -4.19. The smallest absolute Gasteiger partial charge is 0.260 e. The van der Waals surface area contributed by atoms with Crippen LogP contribution in [0.1, 0.15) is 32.0 Å². The van der Waals surface area contributed by atoms with Crippen LogP contribution in [0.4, 0.5) is 11.4 Å². The molecular weight excluding hydrogens is 390 g/mol. The highest BCUT2D eigenvalue weighted by atomic mass is 16.5. The summed E-state index contributed by atoms with van der Waals surface area (Å²) in [7, 11) is 0. The molecule has 0 unspecified atom stereocenters. The SMILES string of the molecule is Cc1ccc(NC(=O)c2ccc(-c3ccccc3)cc2)cc1NC(=O)c1cnoc1C. The number of hydrogen-bond donors (Lipinski definition) is 2. The first-order valence-electron chi connectivity index (χ1n) is 9.81. The summed E-state index contributed by atoms with van der Waals surface area (Å²) in [5, 5.41) is 9.36. The average molecular weight is 411 g/mol. The molecule has 0 bridgehead atoms. The molecule has 4 rings (SSSR count). The Morgan fingerprint density at radius 2 is 1.52 bits per heavy atom. The number of carbonyl (C=O) groups excluding carboxylic acids is 2. The minimum Gasteiger partial charge on any atom is -0.361 e. The highest BCUT2D eigenvalue weighted by Crippen LogP contribution is 2.23. The topological polar surface area (TPSA) is 84.2 Å². The van der Waals surface area contributed by atoms with Gasteiger partial charge >= 0.3 is 0 Å². The molecule has 0 aliphatic carbocycles. The van der Waals surface area contributed by atoms with Crippen LogP contribution in [0.15, 0.2) is 83.5 Å². The third-order valence-corrected chi connectivity index (χ3v) is 4.99. The summed E-state index contributed by atoms with van der Waals surface area (Å²) in [6.45, 7) is 3.55. The molecule has 6 nitrogen and oxygen atoms in total. The molecule has 0 fully saturated rings. The summed E-state index contributed by atoms with van der Waals surface area (Å²) in [6, 6.07) is 22.8. The molecule has 0 spiro atoms. The van der Waals surface area contributed by atoms with Crippen LogP contribution in [0.3, 0.4) is 0 Å². The lowest BCUT2D eigenvalue weighted by atomic mass is 10.0. The zero-order valence-electron chi connectivity index (χ0n) is 17.2. The Bertz CT molecular complexity index is 1230. The number of nitrogens with one attached hydrogen (secondary N) is 2. The van der Waals surface area contributed by atoms with Crippen molar-refractivity contribution in [1.82, 2.24) is 5.16 Å². The van der Waals surface area contributed by atoms with Gasteiger partial charge in [0, 0.05) is 16.9 Å². The van der Waals surface area contributed by atoms with Gasteiger partial charge in [0.2, 0.25) is 0 Å². The van der Waals surface area contributed by atoms with Crippen molar-refractivity contribution in [3.05, 3.63) is 101 Å². The van der Waals surface area contributed by atoms with Gasteiger partial charge in [-0.1, -0.05) is 53.7 Å². The zero-order chi connectivity index (χ0) is 21.8. The van der Waals surface area contributed by atoms with Crippen molar-refractivity contribution in [3.8, 4) is 11.1 Å². The minimum atomic E-state index is -0.318. The van der Waals surface area contributed by atoms with E-state index >= 15 is 0 Å². The van der Waals surface area contributed by atoms with Crippen LogP contribution >= 0.6 is 0 Å². The molecule has 154 valence electrons. The molecule has 1 aromatic heterocycles. The van der Waals surface area contributed by atoms with Crippen LogP contribution in [-0.2, 0) is 0 Å². The van der Waals surface area contributed by atoms with E-state index in [0.29, 0.717) is 28.3 Å². The van der Waals surface area contributed by atoms with Crippen molar-refractivity contribution < 1.29 is 14.1 Å². The van der Waals surface area contributed by atoms with Gasteiger partial charge in [-0.3, -0.25) is 9.59 Å². The van der Waals surface area contributed by atoms with Crippen molar-refractivity contribution >= 4 is 23.2 Å². The second-order valence-electron chi connectivity index (χ2n) is 7.18. The van der Waals surface area contributed by atoms with E-state index in [9.17, 15) is 9.59 Å². The maximum Gasteiger partial charge on any atom is 0.260 e. The Morgan fingerprint density at radius 1 is 0.806 bits per heavy atom. The number of hydrogen-bond acceptors (Lipinski definition) is 4. The van der Waals surface area contributed by atoms with Gasteiger partial charge < -0.3 is 15.2 Å². The standard InChI is InChI=1S/C25H21N3O3/c1-16-8-13-21(14-23(16)28-25(30)22-15-26-31-17(22)2)27-24(29)20-11-9-19(10-12-20)18-6-4-3-5-7-18/h3-15H,1-2H3,(H,27,29)(H,28,30). The lowest BCUT2D eigenvalue weighted by Gasteiger charge is -2.12. The van der Waals surface area contributed by atoms with Crippen molar-refractivity contribution in [1.29, 1.82) is 0 Å². The first kappa shape index (κ1) is 20.1. The molecule has 4 aromatic rings. The Labute approximate surface area is 179 Å². The maximum absolute atomic E-state index is 12.7. The van der Waals surface area contributed by atoms with E-state index in [4.69, 9.17) is 4.52 Å². The van der Waals surface area contributed by atoms with E-state index < -0.39 is 0 Å². The van der Waals surface area contributed by atoms with Crippen molar-refractivity contribution in [2.24, 2.45) is 0 Å². The third kappa shape index (κ3) is 4.53. The molecule has 0 aliphatic heterocycles. The second kappa shape index (κ2) is 8.67. The predicted molar refractivity (Wildman–Crippen MR) is 120 cm³/mol. The summed E-state index contributed by atoms with van der Waals surface area (Å²) < 4.78 is 4.95. The van der Waals surface area contributed by atoms with E-state index in [-0.39, 0.29) is 11.8 Å². The highest BCUT2D eigenvalue weighted by Gasteiger charge is 2.15. The predicted octanol–water partition coefficient (Wildman–Crippen LogP) is 5.46. The monoisotopic (exact) mass is 411 g/mol. The summed E-state index contributed by atoms with van der Waals surface area (Å²) >= 11 is 0. The Balaban J connectivity index is 1.48. The average Bonchev–Trinajstić information content (AvgIpc) is 3.23. The van der Waals surface area contributed by atoms with Gasteiger partial charge in [-0.05, 0) is 54.8 Å². The molecule has 0 radical (unpaired) electrons. The molecule has 0 aliphatic rings. The molecule has 2 N–H and O–H groups in total. The zero-order valence-corrected chi connectivity index (χ0v) is 17.2. The van der Waals surface area contributed by atoms with Gasteiger partial charge in [0.05, 0.1) is 6.20 Å². The normalized spacial score (nSPS) is 10.5. The van der Waals surface area contributed by atoms with Crippen LogP contribution in [-0.4, -0.2) is 17.0 Å². The molecule has 0 saturated heterocycles. The van der Waals surface area contributed by atoms with Gasteiger partial charge in [0.1, 0.15) is 11.3 Å². The van der Waals surface area contributed by atoms with Crippen molar-refractivity contribution in [2.75, 3.05) is 10.6 Å². The van der Waals surface area contributed by atoms with Crippen LogP contribution in [0, 0.1) is 13.8 Å². The van der Waals surface area contributed by atoms with Crippen molar-refractivity contribution in [2.45, 2.75) is 13.8 Å². The number of rotatable bonds is 5. The van der Waals surface area contributed by atoms with Crippen LogP contribution in [0.5, 0.6) is 0 Å². The number of benzene rings is 3. The molecule has 1 heterocycles. The van der Waals surface area contributed by atoms with Crippen LogP contribution in [0.2, 0.25) is 0 Å². The number of aryl methyl sites for hydroxylation is 2. The second-order valence-corrected chi connectivity index (χ2v) is 7.18. The van der Waals surface area contributed by atoms with Gasteiger partial charge in [-0.15, -0.1) is 0 Å². The number of nitrogens with zero attached hydrogens (tertiary/aromatic N) is 1. The van der Waals surface area contributed by atoms with Gasteiger partial charge in [0.15, 0.2) is 0 Å². The molecule has 2 amide bonds. The molecule has 3 aromatic carbocycles. The number of anilines is 2. The maximum atomic E-state index is 12.7. The van der Waals surface area contributed by atoms with Crippen molar-refractivity contribution in [3.63, 3.8) is 0 Å². The van der Waals surface area contributed by atoms with E-state index in [1.165, 1.54) is 6.20 Å². The Kier molecular flexibility index (Phi) is 5.62. The lowest BCUT2D eigenvalue weighted by molar-refractivity contribution is 0.101. The lowest BCUT2D eigenvalue weighted by Crippen LogP contribution is -2.15. The highest BCUT2D eigenvalue weighted by molar-refractivity contribution is 6.07. The molecule has 0 saturated carbocycles. The number of aromatic nitrogens is 1. The summed E-state index contributed by atoms with van der Waals surface area (Å²) in [6.07, 6.45) is 1.38. The van der Waals surface area contributed by atoms with E-state index in [1.807, 2.05) is 55.5 Å².